The molecule has 0 spiro atoms. The predicted molar refractivity (Wildman–Crippen MR) is 135 cm³/mol. The molecule has 3 rings (SSSR count). The molecule has 0 bridgehead atoms. The maximum absolute atomic E-state index is 13.3. The van der Waals surface area contributed by atoms with Crippen molar-refractivity contribution in [1.29, 1.82) is 0 Å². The Balaban J connectivity index is 1.71. The minimum atomic E-state index is -0.805. The molecule has 7 nitrogen and oxygen atoms in total. The summed E-state index contributed by atoms with van der Waals surface area (Å²) < 4.78 is 5.35. The normalized spacial score (nSPS) is 20.8. The fraction of sp³-hybridized carbons (Fsp3) is 0.462. The zero-order valence-electron chi connectivity index (χ0n) is 20.0. The van der Waals surface area contributed by atoms with E-state index in [9.17, 15) is 14.7 Å². The van der Waals surface area contributed by atoms with Crippen molar-refractivity contribution < 1.29 is 19.4 Å². The van der Waals surface area contributed by atoms with E-state index in [0.717, 1.165) is 12.0 Å². The van der Waals surface area contributed by atoms with Gasteiger partial charge in [-0.2, -0.15) is 0 Å². The zero-order valence-corrected chi connectivity index (χ0v) is 20.8. The van der Waals surface area contributed by atoms with E-state index in [4.69, 9.17) is 4.74 Å². The number of carbonyl (C=O) groups is 2. The van der Waals surface area contributed by atoms with E-state index in [2.05, 4.69) is 29.8 Å². The molecular weight excluding hydrogens is 450 g/mol. The molecule has 1 fully saturated rings. The van der Waals surface area contributed by atoms with Crippen LogP contribution in [0.25, 0.3) is 0 Å². The minimum Gasteiger partial charge on any atom is -0.484 e. The van der Waals surface area contributed by atoms with Crippen LogP contribution in [0.2, 0.25) is 0 Å². The Labute approximate surface area is 206 Å². The Morgan fingerprint density at radius 2 is 1.76 bits per heavy atom. The molecule has 0 saturated carbocycles. The van der Waals surface area contributed by atoms with Gasteiger partial charge in [0, 0.05) is 23.9 Å². The summed E-state index contributed by atoms with van der Waals surface area (Å²) in [6.07, 6.45) is 0.813. The van der Waals surface area contributed by atoms with E-state index >= 15 is 0 Å². The fourth-order valence-corrected chi connectivity index (χ4v) is 5.81. The fourth-order valence-electron chi connectivity index (χ4n) is 4.20. The lowest BCUT2D eigenvalue weighted by Crippen LogP contribution is -2.57. The molecule has 0 aliphatic carbocycles. The highest BCUT2D eigenvalue weighted by molar-refractivity contribution is 8.01. The van der Waals surface area contributed by atoms with Crippen molar-refractivity contribution in [3.63, 3.8) is 0 Å². The number of aliphatic hydroxyl groups is 1. The number of benzene rings is 2. The zero-order chi connectivity index (χ0) is 24.6. The number of hydrogen-bond donors (Lipinski definition) is 4. The average Bonchev–Trinajstić information content (AvgIpc) is 3.16. The molecule has 2 aromatic rings. The van der Waals surface area contributed by atoms with Gasteiger partial charge in [0.2, 0.25) is 5.91 Å². The minimum absolute atomic E-state index is 0.000561. The number of rotatable bonds is 11. The van der Waals surface area contributed by atoms with E-state index < -0.39 is 6.04 Å². The van der Waals surface area contributed by atoms with Crippen LogP contribution in [-0.2, 0) is 16.1 Å². The van der Waals surface area contributed by atoms with Crippen molar-refractivity contribution in [2.45, 2.75) is 55.9 Å². The Morgan fingerprint density at radius 1 is 1.12 bits per heavy atom. The van der Waals surface area contributed by atoms with Crippen LogP contribution in [0.15, 0.2) is 60.7 Å². The van der Waals surface area contributed by atoms with Gasteiger partial charge in [-0.25, -0.2) is 0 Å². The quantitative estimate of drug-likeness (QED) is 0.391. The van der Waals surface area contributed by atoms with Gasteiger partial charge in [0.15, 0.2) is 6.61 Å². The van der Waals surface area contributed by atoms with Crippen LogP contribution in [0, 0.1) is 5.92 Å². The van der Waals surface area contributed by atoms with Gasteiger partial charge in [0.1, 0.15) is 11.8 Å². The molecule has 0 radical (unpaired) electrons. The standard InChI is InChI=1S/C26H35N3O4S/c1-4-19(16-30)23-26(2,3)34-25(29-23)22(24(32)27-15-18-11-7-5-8-12-18)28-21(31)17-33-20-13-9-6-10-14-20/h5-14,19,22-23,25,29-30H,4,15-17H2,1-3H3,(H,27,32)(H,28,31)/t19-,22?,23+,25-/m1/s1. The SMILES string of the molecule is CC[C@H](CO)[C@@H]1N[C@@H](C(NC(=O)COc2ccccc2)C(=O)NCc2ccccc2)SC1(C)C. The summed E-state index contributed by atoms with van der Waals surface area (Å²) in [4.78, 5) is 26.0. The third-order valence-electron chi connectivity index (χ3n) is 6.08. The first-order chi connectivity index (χ1) is 16.3. The smallest absolute Gasteiger partial charge is 0.258 e. The molecular formula is C26H35N3O4S. The lowest BCUT2D eigenvalue weighted by atomic mass is 9.88. The maximum Gasteiger partial charge on any atom is 0.258 e. The molecule has 2 aromatic carbocycles. The number of carbonyl (C=O) groups excluding carboxylic acids is 2. The Bertz CT molecular complexity index is 922. The van der Waals surface area contributed by atoms with E-state index in [-0.39, 0.29) is 47.1 Å². The molecule has 0 aromatic heterocycles. The highest BCUT2D eigenvalue weighted by atomic mass is 32.2. The summed E-state index contributed by atoms with van der Waals surface area (Å²) in [5, 5.41) is 18.9. The van der Waals surface area contributed by atoms with Gasteiger partial charge in [-0.1, -0.05) is 55.5 Å². The van der Waals surface area contributed by atoms with Gasteiger partial charge < -0.3 is 20.5 Å². The van der Waals surface area contributed by atoms with Gasteiger partial charge in [-0.05, 0) is 43.9 Å². The van der Waals surface area contributed by atoms with Crippen LogP contribution in [0.5, 0.6) is 5.75 Å². The van der Waals surface area contributed by atoms with E-state index in [0.29, 0.717) is 12.3 Å². The molecule has 34 heavy (non-hydrogen) atoms. The van der Waals surface area contributed by atoms with E-state index in [1.54, 1.807) is 23.9 Å². The summed E-state index contributed by atoms with van der Waals surface area (Å²) >= 11 is 1.61. The molecule has 4 N–H and O–H groups in total. The van der Waals surface area contributed by atoms with Crippen LogP contribution < -0.4 is 20.7 Å². The molecule has 1 saturated heterocycles. The number of hydrogen-bond acceptors (Lipinski definition) is 6. The van der Waals surface area contributed by atoms with Crippen LogP contribution in [0.3, 0.4) is 0 Å². The second-order valence-electron chi connectivity index (χ2n) is 8.99. The molecule has 184 valence electrons. The highest BCUT2D eigenvalue weighted by Gasteiger charge is 2.48. The lowest BCUT2D eigenvalue weighted by Gasteiger charge is -2.31. The number of ether oxygens (including phenoxy) is 1. The molecule has 4 atom stereocenters. The van der Waals surface area contributed by atoms with Crippen LogP contribution >= 0.6 is 11.8 Å². The Kier molecular flexibility index (Phi) is 9.38. The summed E-state index contributed by atoms with van der Waals surface area (Å²) in [6.45, 7) is 6.49. The summed E-state index contributed by atoms with van der Waals surface area (Å²) in [5.41, 5.74) is 0.977. The number of amides is 2. The Hall–Kier alpha value is -2.55. The second-order valence-corrected chi connectivity index (χ2v) is 10.8. The van der Waals surface area contributed by atoms with Crippen molar-refractivity contribution in [2.24, 2.45) is 5.92 Å². The number of nitrogens with one attached hydrogen (secondary N) is 3. The van der Waals surface area contributed by atoms with Crippen molar-refractivity contribution in [3.8, 4) is 5.75 Å². The number of aliphatic hydroxyl groups excluding tert-OH is 1. The largest absolute Gasteiger partial charge is 0.484 e. The van der Waals surface area contributed by atoms with Gasteiger partial charge >= 0.3 is 0 Å². The first-order valence-electron chi connectivity index (χ1n) is 11.7. The molecule has 1 unspecified atom stereocenters. The van der Waals surface area contributed by atoms with Crippen molar-refractivity contribution in [3.05, 3.63) is 66.2 Å². The maximum atomic E-state index is 13.3. The summed E-state index contributed by atoms with van der Waals surface area (Å²) in [5.74, 6) is 0.000605. The van der Waals surface area contributed by atoms with Crippen LogP contribution in [-0.4, -0.2) is 52.3 Å². The molecule has 1 aliphatic rings. The van der Waals surface area contributed by atoms with Crippen LogP contribution in [0.1, 0.15) is 32.8 Å². The summed E-state index contributed by atoms with van der Waals surface area (Å²) in [6, 6.07) is 17.9. The monoisotopic (exact) mass is 485 g/mol. The molecule has 2 amide bonds. The number of para-hydroxylation sites is 1. The molecule has 1 heterocycles. The lowest BCUT2D eigenvalue weighted by molar-refractivity contribution is -0.130. The Morgan fingerprint density at radius 3 is 2.38 bits per heavy atom. The summed E-state index contributed by atoms with van der Waals surface area (Å²) in [7, 11) is 0. The van der Waals surface area contributed by atoms with E-state index in [1.165, 1.54) is 0 Å². The molecule has 8 heteroatoms. The van der Waals surface area contributed by atoms with Crippen LogP contribution in [0.4, 0.5) is 0 Å². The third kappa shape index (κ3) is 6.98. The third-order valence-corrected chi connectivity index (χ3v) is 7.60. The van der Waals surface area contributed by atoms with Gasteiger partial charge in [0.25, 0.3) is 5.91 Å². The number of thioether (sulfide) groups is 1. The first-order valence-corrected chi connectivity index (χ1v) is 12.6. The van der Waals surface area contributed by atoms with Gasteiger partial charge in [-0.3, -0.25) is 14.9 Å². The molecule has 1 aliphatic heterocycles. The van der Waals surface area contributed by atoms with Gasteiger partial charge in [-0.15, -0.1) is 11.8 Å². The second kappa shape index (κ2) is 12.2. The first kappa shape index (κ1) is 26.1. The topological polar surface area (TPSA) is 99.7 Å². The van der Waals surface area contributed by atoms with Crippen molar-refractivity contribution >= 4 is 23.6 Å². The van der Waals surface area contributed by atoms with Gasteiger partial charge in [0.05, 0.1) is 5.37 Å². The highest BCUT2D eigenvalue weighted by Crippen LogP contribution is 2.42. The van der Waals surface area contributed by atoms with E-state index in [1.807, 2.05) is 55.5 Å². The average molecular weight is 486 g/mol. The predicted octanol–water partition coefficient (Wildman–Crippen LogP) is 2.69. The van der Waals surface area contributed by atoms with Crippen molar-refractivity contribution in [1.82, 2.24) is 16.0 Å². The van der Waals surface area contributed by atoms with Crippen molar-refractivity contribution in [2.75, 3.05) is 13.2 Å².